The Morgan fingerprint density at radius 3 is 2.56 bits per heavy atom. The summed E-state index contributed by atoms with van der Waals surface area (Å²) in [6.45, 7) is 5.56. The average molecular weight is 254 g/mol. The summed E-state index contributed by atoms with van der Waals surface area (Å²) in [6, 6.07) is 1.29. The van der Waals surface area contributed by atoms with Crippen molar-refractivity contribution in [3.05, 3.63) is 0 Å². The molecule has 106 valence electrons. The van der Waals surface area contributed by atoms with Gasteiger partial charge in [-0.05, 0) is 58.4 Å². The van der Waals surface area contributed by atoms with Crippen LogP contribution in [0.1, 0.15) is 58.8 Å². The van der Waals surface area contributed by atoms with Gasteiger partial charge in [0, 0.05) is 17.6 Å². The molecule has 1 aliphatic carbocycles. The largest absolute Gasteiger partial charge is 0.394 e. The van der Waals surface area contributed by atoms with Gasteiger partial charge in [0.1, 0.15) is 0 Å². The Morgan fingerprint density at radius 2 is 1.94 bits per heavy atom. The summed E-state index contributed by atoms with van der Waals surface area (Å²) in [6.07, 6.45) is 9.30. The fourth-order valence-corrected chi connectivity index (χ4v) is 4.07. The van der Waals surface area contributed by atoms with Gasteiger partial charge in [0.05, 0.1) is 6.61 Å². The Labute approximate surface area is 112 Å². The molecule has 0 aromatic carbocycles. The van der Waals surface area contributed by atoms with Crippen molar-refractivity contribution >= 4 is 0 Å². The molecule has 0 aromatic rings. The number of rotatable bonds is 5. The van der Waals surface area contributed by atoms with Crippen molar-refractivity contribution in [2.24, 2.45) is 11.7 Å². The first-order chi connectivity index (χ1) is 8.53. The number of aliphatic hydroxyl groups is 1. The molecule has 3 unspecified atom stereocenters. The zero-order chi connectivity index (χ0) is 13.2. The molecule has 0 amide bonds. The molecule has 18 heavy (non-hydrogen) atoms. The molecule has 0 spiro atoms. The number of likely N-dealkylation sites (tertiary alicyclic amines) is 1. The van der Waals surface area contributed by atoms with Crippen molar-refractivity contribution in [3.8, 4) is 0 Å². The van der Waals surface area contributed by atoms with Gasteiger partial charge in [-0.1, -0.05) is 12.8 Å². The maximum atomic E-state index is 9.32. The molecule has 3 atom stereocenters. The van der Waals surface area contributed by atoms with Gasteiger partial charge in [0.2, 0.25) is 0 Å². The summed E-state index contributed by atoms with van der Waals surface area (Å²) in [4.78, 5) is 2.68. The first-order valence-electron chi connectivity index (χ1n) is 7.69. The number of hydrogen-bond donors (Lipinski definition) is 2. The van der Waals surface area contributed by atoms with Crippen LogP contribution in [0.2, 0.25) is 0 Å². The maximum Gasteiger partial charge on any atom is 0.0609 e. The van der Waals surface area contributed by atoms with Crippen LogP contribution in [0.3, 0.4) is 0 Å². The highest BCUT2D eigenvalue weighted by Gasteiger charge is 2.36. The molecule has 0 aromatic heterocycles. The maximum absolute atomic E-state index is 9.32. The van der Waals surface area contributed by atoms with Gasteiger partial charge in [-0.3, -0.25) is 4.90 Å². The SMILES string of the molecule is CC(CC(C)(N)CO)N1CCCC1C1CCCC1. The molecule has 2 fully saturated rings. The lowest BCUT2D eigenvalue weighted by molar-refractivity contribution is 0.104. The topological polar surface area (TPSA) is 49.5 Å². The Hall–Kier alpha value is -0.120. The van der Waals surface area contributed by atoms with Crippen LogP contribution < -0.4 is 5.73 Å². The van der Waals surface area contributed by atoms with Gasteiger partial charge in [0.15, 0.2) is 0 Å². The second kappa shape index (κ2) is 5.89. The summed E-state index contributed by atoms with van der Waals surface area (Å²) in [5, 5.41) is 9.32. The number of nitrogens with two attached hydrogens (primary N) is 1. The molecule has 1 heterocycles. The van der Waals surface area contributed by atoms with E-state index in [9.17, 15) is 5.11 Å². The van der Waals surface area contributed by atoms with E-state index in [1.165, 1.54) is 45.1 Å². The van der Waals surface area contributed by atoms with Crippen LogP contribution in [0, 0.1) is 5.92 Å². The first-order valence-corrected chi connectivity index (χ1v) is 7.69. The predicted molar refractivity (Wildman–Crippen MR) is 75.4 cm³/mol. The van der Waals surface area contributed by atoms with Crippen LogP contribution in [-0.4, -0.2) is 40.8 Å². The van der Waals surface area contributed by atoms with Crippen LogP contribution in [0.5, 0.6) is 0 Å². The van der Waals surface area contributed by atoms with Crippen molar-refractivity contribution in [1.29, 1.82) is 0 Å². The first kappa shape index (κ1) is 14.3. The molecule has 3 heteroatoms. The average Bonchev–Trinajstić information content (AvgIpc) is 2.98. The second-order valence-corrected chi connectivity index (χ2v) is 6.86. The summed E-state index contributed by atoms with van der Waals surface area (Å²) >= 11 is 0. The van der Waals surface area contributed by atoms with Gasteiger partial charge >= 0.3 is 0 Å². The standard InChI is InChI=1S/C15H30N2O/c1-12(10-15(2,16)11-18)17-9-5-8-14(17)13-6-3-4-7-13/h12-14,18H,3-11,16H2,1-2H3. The molecular formula is C15H30N2O. The van der Waals surface area contributed by atoms with Gasteiger partial charge in [-0.2, -0.15) is 0 Å². The summed E-state index contributed by atoms with van der Waals surface area (Å²) in [5.41, 5.74) is 5.68. The lowest BCUT2D eigenvalue weighted by atomic mass is 9.91. The Morgan fingerprint density at radius 1 is 1.28 bits per heavy atom. The van der Waals surface area contributed by atoms with E-state index in [2.05, 4.69) is 11.8 Å². The highest BCUT2D eigenvalue weighted by atomic mass is 16.3. The molecule has 1 saturated heterocycles. The van der Waals surface area contributed by atoms with Crippen molar-refractivity contribution < 1.29 is 5.11 Å². The van der Waals surface area contributed by atoms with Crippen LogP contribution in [0.25, 0.3) is 0 Å². The zero-order valence-electron chi connectivity index (χ0n) is 12.1. The van der Waals surface area contributed by atoms with E-state index in [0.717, 1.165) is 18.4 Å². The van der Waals surface area contributed by atoms with E-state index < -0.39 is 5.54 Å². The van der Waals surface area contributed by atoms with Gasteiger partial charge < -0.3 is 10.8 Å². The van der Waals surface area contributed by atoms with E-state index in [4.69, 9.17) is 5.73 Å². The number of aliphatic hydroxyl groups excluding tert-OH is 1. The third-order valence-corrected chi connectivity index (χ3v) is 4.98. The fraction of sp³-hybridized carbons (Fsp3) is 1.00. The van der Waals surface area contributed by atoms with Gasteiger partial charge in [0.25, 0.3) is 0 Å². The summed E-state index contributed by atoms with van der Waals surface area (Å²) in [7, 11) is 0. The third-order valence-electron chi connectivity index (χ3n) is 4.98. The monoisotopic (exact) mass is 254 g/mol. The summed E-state index contributed by atoms with van der Waals surface area (Å²) < 4.78 is 0. The Bertz CT molecular complexity index is 261. The van der Waals surface area contributed by atoms with E-state index in [1.54, 1.807) is 0 Å². The van der Waals surface area contributed by atoms with Crippen LogP contribution in [0.15, 0.2) is 0 Å². The molecule has 2 rings (SSSR count). The predicted octanol–water partition coefficient (Wildman–Crippen LogP) is 2.13. The molecule has 3 nitrogen and oxygen atoms in total. The third kappa shape index (κ3) is 3.25. The smallest absolute Gasteiger partial charge is 0.0609 e. The van der Waals surface area contributed by atoms with Crippen LogP contribution in [0.4, 0.5) is 0 Å². The molecule has 3 N–H and O–H groups in total. The van der Waals surface area contributed by atoms with Crippen LogP contribution >= 0.6 is 0 Å². The lowest BCUT2D eigenvalue weighted by Crippen LogP contribution is -2.49. The number of hydrogen-bond acceptors (Lipinski definition) is 3. The molecule has 2 aliphatic rings. The van der Waals surface area contributed by atoms with Crippen molar-refractivity contribution in [1.82, 2.24) is 4.90 Å². The Balaban J connectivity index is 1.93. The van der Waals surface area contributed by atoms with Crippen molar-refractivity contribution in [2.75, 3.05) is 13.2 Å². The van der Waals surface area contributed by atoms with Crippen LogP contribution in [-0.2, 0) is 0 Å². The normalized spacial score (nSPS) is 31.7. The molecule has 1 aliphatic heterocycles. The summed E-state index contributed by atoms with van der Waals surface area (Å²) in [5.74, 6) is 0.924. The lowest BCUT2D eigenvalue weighted by Gasteiger charge is -2.37. The van der Waals surface area contributed by atoms with Crippen molar-refractivity contribution in [2.45, 2.75) is 76.4 Å². The Kier molecular flexibility index (Phi) is 4.68. The fourth-order valence-electron chi connectivity index (χ4n) is 4.07. The minimum Gasteiger partial charge on any atom is -0.394 e. The zero-order valence-corrected chi connectivity index (χ0v) is 12.1. The highest BCUT2D eigenvalue weighted by molar-refractivity contribution is 4.92. The number of nitrogens with zero attached hydrogens (tertiary/aromatic N) is 1. The minimum absolute atomic E-state index is 0.0826. The van der Waals surface area contributed by atoms with Gasteiger partial charge in [-0.15, -0.1) is 0 Å². The van der Waals surface area contributed by atoms with E-state index in [-0.39, 0.29) is 6.61 Å². The van der Waals surface area contributed by atoms with E-state index in [0.29, 0.717) is 6.04 Å². The molecular weight excluding hydrogens is 224 g/mol. The molecule has 0 bridgehead atoms. The highest BCUT2D eigenvalue weighted by Crippen LogP contribution is 2.37. The quantitative estimate of drug-likeness (QED) is 0.790. The van der Waals surface area contributed by atoms with E-state index >= 15 is 0 Å². The molecule has 1 saturated carbocycles. The minimum atomic E-state index is -0.428. The van der Waals surface area contributed by atoms with E-state index in [1.807, 2.05) is 6.92 Å². The second-order valence-electron chi connectivity index (χ2n) is 6.86. The van der Waals surface area contributed by atoms with Crippen molar-refractivity contribution in [3.63, 3.8) is 0 Å². The molecule has 0 radical (unpaired) electrons. The van der Waals surface area contributed by atoms with Gasteiger partial charge in [-0.25, -0.2) is 0 Å².